The summed E-state index contributed by atoms with van der Waals surface area (Å²) in [4.78, 5) is 37.0. The summed E-state index contributed by atoms with van der Waals surface area (Å²) in [6.45, 7) is -0.419. The minimum absolute atomic E-state index is 0.142. The number of aryl methyl sites for hydroxylation is 1. The number of urea groups is 1. The van der Waals surface area contributed by atoms with Crippen LogP contribution in [0, 0.1) is 17.8 Å². The summed E-state index contributed by atoms with van der Waals surface area (Å²) in [5.41, 5.74) is -0.142. The van der Waals surface area contributed by atoms with Gasteiger partial charge in [-0.2, -0.15) is 0 Å². The van der Waals surface area contributed by atoms with Gasteiger partial charge in [-0.3, -0.25) is 14.9 Å². The fraction of sp³-hybridized carbons (Fsp3) is 0.650. The van der Waals surface area contributed by atoms with Gasteiger partial charge in [-0.05, 0) is 74.1 Å². The molecule has 0 unspecified atom stereocenters. The van der Waals surface area contributed by atoms with E-state index in [9.17, 15) is 14.4 Å². The van der Waals surface area contributed by atoms with E-state index in [4.69, 9.17) is 4.74 Å². The predicted octanol–water partition coefficient (Wildman–Crippen LogP) is 3.02. The van der Waals surface area contributed by atoms with Crippen LogP contribution < -0.4 is 10.6 Å². The molecule has 5 rings (SSSR count). The first kappa shape index (κ1) is 18.5. The molecular formula is C20H26N2O4S. The topological polar surface area (TPSA) is 84.5 Å². The molecule has 0 atom stereocenters. The lowest BCUT2D eigenvalue weighted by molar-refractivity contribution is -0.148. The Balaban J connectivity index is 1.18. The van der Waals surface area contributed by atoms with Gasteiger partial charge in [0, 0.05) is 10.4 Å². The molecular weight excluding hydrogens is 364 g/mol. The van der Waals surface area contributed by atoms with Gasteiger partial charge in [0.05, 0.1) is 6.42 Å². The lowest BCUT2D eigenvalue weighted by Gasteiger charge is -2.56. The van der Waals surface area contributed by atoms with Crippen molar-refractivity contribution in [3.8, 4) is 0 Å². The van der Waals surface area contributed by atoms with Gasteiger partial charge in [-0.15, -0.1) is 11.3 Å². The van der Waals surface area contributed by atoms with E-state index in [1.54, 1.807) is 11.3 Å². The summed E-state index contributed by atoms with van der Waals surface area (Å²) in [6, 6.07) is 3.43. The van der Waals surface area contributed by atoms with E-state index in [-0.39, 0.29) is 12.0 Å². The number of hydrogen-bond donors (Lipinski definition) is 2. The number of hydrogen-bond acceptors (Lipinski definition) is 5. The quantitative estimate of drug-likeness (QED) is 0.731. The molecule has 0 saturated heterocycles. The Hall–Kier alpha value is -1.89. The number of esters is 1. The first-order valence-electron chi connectivity index (χ1n) is 9.80. The van der Waals surface area contributed by atoms with Gasteiger partial charge < -0.3 is 10.1 Å². The van der Waals surface area contributed by atoms with E-state index in [0.29, 0.717) is 6.42 Å². The van der Waals surface area contributed by atoms with Gasteiger partial charge in [-0.1, -0.05) is 6.07 Å². The van der Waals surface area contributed by atoms with Crippen LogP contribution in [-0.4, -0.2) is 30.1 Å². The second kappa shape index (κ2) is 7.62. The van der Waals surface area contributed by atoms with Crippen molar-refractivity contribution in [3.63, 3.8) is 0 Å². The Bertz CT molecular complexity index is 680. The number of imide groups is 1. The number of carbonyl (C=O) groups is 3. The molecule has 1 aromatic rings. The normalized spacial score (nSPS) is 30.7. The third-order valence-corrected chi connectivity index (χ3v) is 7.13. The first-order chi connectivity index (χ1) is 13.0. The van der Waals surface area contributed by atoms with Crippen molar-refractivity contribution < 1.29 is 19.1 Å². The summed E-state index contributed by atoms with van der Waals surface area (Å²) >= 11 is 1.58. The average Bonchev–Trinajstić information content (AvgIpc) is 3.09. The molecule has 1 aromatic heterocycles. The maximum atomic E-state index is 12.3. The predicted molar refractivity (Wildman–Crippen MR) is 101 cm³/mol. The highest BCUT2D eigenvalue weighted by Gasteiger charge is 2.51. The molecule has 27 heavy (non-hydrogen) atoms. The van der Waals surface area contributed by atoms with Crippen molar-refractivity contribution in [2.45, 2.75) is 56.9 Å². The third kappa shape index (κ3) is 4.51. The summed E-state index contributed by atoms with van der Waals surface area (Å²) in [6.07, 6.45) is 7.79. The van der Waals surface area contributed by atoms with Crippen LogP contribution in [0.3, 0.4) is 0 Å². The third-order valence-electron chi connectivity index (χ3n) is 6.19. The van der Waals surface area contributed by atoms with E-state index in [1.165, 1.54) is 19.3 Å². The number of thiophene rings is 1. The lowest BCUT2D eigenvalue weighted by Crippen LogP contribution is -2.62. The van der Waals surface area contributed by atoms with Crippen LogP contribution in [-0.2, 0) is 20.7 Å². The Kier molecular flexibility index (Phi) is 5.21. The van der Waals surface area contributed by atoms with Gasteiger partial charge in [0.15, 0.2) is 6.61 Å². The van der Waals surface area contributed by atoms with Gasteiger partial charge in [0.1, 0.15) is 0 Å². The van der Waals surface area contributed by atoms with Crippen molar-refractivity contribution in [2.75, 3.05) is 6.61 Å². The summed E-state index contributed by atoms with van der Waals surface area (Å²) in [5.74, 6) is 1.14. The molecule has 146 valence electrons. The SMILES string of the molecule is O=C(COC(=O)CCc1cccs1)NC(=O)NC12CC3CC(CC(C3)C1)C2. The molecule has 4 bridgehead atoms. The van der Waals surface area contributed by atoms with Crippen molar-refractivity contribution >= 4 is 29.2 Å². The molecule has 4 fully saturated rings. The van der Waals surface area contributed by atoms with Crippen LogP contribution in [0.5, 0.6) is 0 Å². The molecule has 2 N–H and O–H groups in total. The molecule has 7 heteroatoms. The first-order valence-corrected chi connectivity index (χ1v) is 10.7. The molecule has 3 amide bonds. The van der Waals surface area contributed by atoms with Crippen LogP contribution in [0.25, 0.3) is 0 Å². The Labute approximate surface area is 163 Å². The Morgan fingerprint density at radius 2 is 1.78 bits per heavy atom. The fourth-order valence-electron chi connectivity index (χ4n) is 5.60. The standard InChI is InChI=1S/C20H26N2O4S/c23-17(12-26-18(24)4-3-16-2-1-5-27-16)21-19(25)22-20-9-13-6-14(10-20)8-15(7-13)11-20/h1-2,5,13-15H,3-4,6-12H2,(H2,21,22,23,25). The number of ether oxygens (including phenoxy) is 1. The molecule has 0 spiro atoms. The zero-order valence-corrected chi connectivity index (χ0v) is 16.2. The molecule has 4 aliphatic carbocycles. The number of rotatable bonds is 6. The van der Waals surface area contributed by atoms with E-state index in [1.807, 2.05) is 17.5 Å². The van der Waals surface area contributed by atoms with Gasteiger partial charge in [-0.25, -0.2) is 4.79 Å². The minimum atomic E-state index is -0.582. The molecule has 0 aliphatic heterocycles. The van der Waals surface area contributed by atoms with Crippen LogP contribution in [0.4, 0.5) is 4.79 Å². The van der Waals surface area contributed by atoms with Crippen LogP contribution in [0.1, 0.15) is 49.8 Å². The van der Waals surface area contributed by atoms with E-state index in [2.05, 4.69) is 10.6 Å². The molecule has 0 radical (unpaired) electrons. The molecule has 6 nitrogen and oxygen atoms in total. The van der Waals surface area contributed by atoms with Crippen LogP contribution >= 0.6 is 11.3 Å². The maximum absolute atomic E-state index is 12.3. The highest BCUT2D eigenvalue weighted by Crippen LogP contribution is 2.55. The van der Waals surface area contributed by atoms with E-state index in [0.717, 1.165) is 41.9 Å². The average molecular weight is 391 g/mol. The number of nitrogens with one attached hydrogen (secondary N) is 2. The van der Waals surface area contributed by atoms with Gasteiger partial charge >= 0.3 is 12.0 Å². The summed E-state index contributed by atoms with van der Waals surface area (Å²) < 4.78 is 4.97. The maximum Gasteiger partial charge on any atom is 0.321 e. The Morgan fingerprint density at radius 1 is 1.11 bits per heavy atom. The van der Waals surface area contributed by atoms with Crippen LogP contribution in [0.15, 0.2) is 17.5 Å². The summed E-state index contributed by atoms with van der Waals surface area (Å²) in [7, 11) is 0. The summed E-state index contributed by atoms with van der Waals surface area (Å²) in [5, 5.41) is 7.35. The number of carbonyl (C=O) groups excluding carboxylic acids is 3. The van der Waals surface area contributed by atoms with Crippen LogP contribution in [0.2, 0.25) is 0 Å². The zero-order chi connectivity index (χ0) is 18.9. The smallest absolute Gasteiger partial charge is 0.321 e. The largest absolute Gasteiger partial charge is 0.456 e. The molecule has 4 aliphatic rings. The Morgan fingerprint density at radius 3 is 2.37 bits per heavy atom. The van der Waals surface area contributed by atoms with E-state index >= 15 is 0 Å². The monoisotopic (exact) mass is 390 g/mol. The zero-order valence-electron chi connectivity index (χ0n) is 15.4. The number of amides is 3. The lowest BCUT2D eigenvalue weighted by atomic mass is 9.53. The highest BCUT2D eigenvalue weighted by molar-refractivity contribution is 7.09. The fourth-order valence-corrected chi connectivity index (χ4v) is 6.31. The van der Waals surface area contributed by atoms with Crippen molar-refractivity contribution in [1.29, 1.82) is 0 Å². The second-order valence-corrected chi connectivity index (χ2v) is 9.47. The molecule has 4 saturated carbocycles. The molecule has 0 aromatic carbocycles. The minimum Gasteiger partial charge on any atom is -0.456 e. The van der Waals surface area contributed by atoms with Gasteiger partial charge in [0.25, 0.3) is 5.91 Å². The van der Waals surface area contributed by atoms with Crippen molar-refractivity contribution in [1.82, 2.24) is 10.6 Å². The van der Waals surface area contributed by atoms with Crippen molar-refractivity contribution in [3.05, 3.63) is 22.4 Å². The second-order valence-electron chi connectivity index (χ2n) is 8.44. The van der Waals surface area contributed by atoms with Crippen molar-refractivity contribution in [2.24, 2.45) is 17.8 Å². The molecule has 1 heterocycles. The van der Waals surface area contributed by atoms with E-state index < -0.39 is 24.5 Å². The van der Waals surface area contributed by atoms with Gasteiger partial charge in [0.2, 0.25) is 0 Å². The highest BCUT2D eigenvalue weighted by atomic mass is 32.1.